The summed E-state index contributed by atoms with van der Waals surface area (Å²) in [5.41, 5.74) is 6.32. The minimum absolute atomic E-state index is 0.101. The Labute approximate surface area is 115 Å². The molecule has 0 aromatic heterocycles. The average Bonchev–Trinajstić information content (AvgIpc) is 2.47. The van der Waals surface area contributed by atoms with Crippen LogP contribution in [0.5, 0.6) is 0 Å². The second-order valence-corrected chi connectivity index (χ2v) is 5.58. The van der Waals surface area contributed by atoms with Crippen molar-refractivity contribution >= 4 is 5.91 Å². The lowest BCUT2D eigenvalue weighted by atomic mass is 9.82. The van der Waals surface area contributed by atoms with E-state index >= 15 is 0 Å². The molecule has 4 nitrogen and oxygen atoms in total. The van der Waals surface area contributed by atoms with Gasteiger partial charge in [-0.05, 0) is 19.4 Å². The molecule has 1 aliphatic rings. The van der Waals surface area contributed by atoms with Gasteiger partial charge in [-0.3, -0.25) is 4.79 Å². The maximum Gasteiger partial charge on any atom is 0.233 e. The summed E-state index contributed by atoms with van der Waals surface area (Å²) in [6, 6.07) is 10.0. The van der Waals surface area contributed by atoms with Crippen molar-refractivity contribution in [1.29, 1.82) is 0 Å². The molecule has 4 heteroatoms. The lowest BCUT2D eigenvalue weighted by Gasteiger charge is -2.40. The minimum Gasteiger partial charge on any atom is -0.335 e. The highest BCUT2D eigenvalue weighted by Crippen LogP contribution is 2.26. The molecule has 0 bridgehead atoms. The predicted molar refractivity (Wildman–Crippen MR) is 76.9 cm³/mol. The first kappa shape index (κ1) is 14.0. The summed E-state index contributed by atoms with van der Waals surface area (Å²) < 4.78 is 0. The first-order valence-electron chi connectivity index (χ1n) is 6.84. The molecule has 0 aliphatic carbocycles. The van der Waals surface area contributed by atoms with Gasteiger partial charge in [0.2, 0.25) is 5.91 Å². The van der Waals surface area contributed by atoms with Gasteiger partial charge >= 0.3 is 0 Å². The van der Waals surface area contributed by atoms with E-state index in [1.165, 1.54) is 0 Å². The monoisotopic (exact) mass is 261 g/mol. The van der Waals surface area contributed by atoms with Gasteiger partial charge in [-0.15, -0.1) is 0 Å². The van der Waals surface area contributed by atoms with Crippen molar-refractivity contribution in [3.05, 3.63) is 35.9 Å². The highest BCUT2D eigenvalue weighted by atomic mass is 16.2. The number of nitrogens with one attached hydrogen (secondary N) is 1. The summed E-state index contributed by atoms with van der Waals surface area (Å²) in [7, 11) is 0. The standard InChI is InChI=1S/C15H23N3O/c1-15(2,12-6-4-3-5-7-12)14(19)18-9-8-17-11-13(18)10-16/h3-7,13,17H,8-11,16H2,1-2H3. The number of benzene rings is 1. The number of amides is 1. The van der Waals surface area contributed by atoms with E-state index in [2.05, 4.69) is 5.32 Å². The number of carbonyl (C=O) groups excluding carboxylic acids is 1. The van der Waals surface area contributed by atoms with E-state index in [9.17, 15) is 4.79 Å². The molecule has 1 atom stereocenters. The molecule has 0 radical (unpaired) electrons. The fraction of sp³-hybridized carbons (Fsp3) is 0.533. The zero-order valence-corrected chi connectivity index (χ0v) is 11.7. The van der Waals surface area contributed by atoms with Gasteiger partial charge < -0.3 is 16.0 Å². The molecule has 0 spiro atoms. The van der Waals surface area contributed by atoms with Crippen LogP contribution in [-0.4, -0.2) is 43.0 Å². The normalized spacial score (nSPS) is 20.4. The molecule has 0 saturated carbocycles. The van der Waals surface area contributed by atoms with Crippen LogP contribution in [0.15, 0.2) is 30.3 Å². The summed E-state index contributed by atoms with van der Waals surface area (Å²) in [6.07, 6.45) is 0. The van der Waals surface area contributed by atoms with Gasteiger partial charge in [0.1, 0.15) is 0 Å². The van der Waals surface area contributed by atoms with Gasteiger partial charge in [0.15, 0.2) is 0 Å². The Kier molecular flexibility index (Phi) is 4.22. The fourth-order valence-electron chi connectivity index (χ4n) is 2.58. The van der Waals surface area contributed by atoms with E-state index in [-0.39, 0.29) is 11.9 Å². The third-order valence-corrected chi connectivity index (χ3v) is 3.91. The molecule has 3 N–H and O–H groups in total. The van der Waals surface area contributed by atoms with Crippen molar-refractivity contribution in [2.24, 2.45) is 5.73 Å². The van der Waals surface area contributed by atoms with E-state index < -0.39 is 5.41 Å². The van der Waals surface area contributed by atoms with Gasteiger partial charge in [0, 0.05) is 26.2 Å². The zero-order valence-electron chi connectivity index (χ0n) is 11.7. The summed E-state index contributed by atoms with van der Waals surface area (Å²) in [6.45, 7) is 6.83. The van der Waals surface area contributed by atoms with Crippen LogP contribution >= 0.6 is 0 Å². The Bertz CT molecular complexity index is 430. The Morgan fingerprint density at radius 2 is 2.11 bits per heavy atom. The SMILES string of the molecule is CC(C)(C(=O)N1CCNCC1CN)c1ccccc1. The molecule has 1 amide bonds. The Balaban J connectivity index is 2.22. The van der Waals surface area contributed by atoms with Crippen LogP contribution in [0.1, 0.15) is 19.4 Å². The maximum absolute atomic E-state index is 12.8. The van der Waals surface area contributed by atoms with Crippen LogP contribution in [0.3, 0.4) is 0 Å². The lowest BCUT2D eigenvalue weighted by Crippen LogP contribution is -2.59. The summed E-state index contributed by atoms with van der Waals surface area (Å²) in [5, 5.41) is 3.29. The van der Waals surface area contributed by atoms with Crippen molar-refractivity contribution in [2.45, 2.75) is 25.3 Å². The molecule has 19 heavy (non-hydrogen) atoms. The topological polar surface area (TPSA) is 58.4 Å². The van der Waals surface area contributed by atoms with Gasteiger partial charge in [-0.1, -0.05) is 30.3 Å². The number of rotatable bonds is 3. The number of hydrogen-bond acceptors (Lipinski definition) is 3. The zero-order chi connectivity index (χ0) is 13.9. The molecular formula is C15H23N3O. The van der Waals surface area contributed by atoms with Crippen LogP contribution < -0.4 is 11.1 Å². The van der Waals surface area contributed by atoms with Gasteiger partial charge in [-0.2, -0.15) is 0 Å². The minimum atomic E-state index is -0.508. The van der Waals surface area contributed by atoms with Crippen molar-refractivity contribution in [1.82, 2.24) is 10.2 Å². The smallest absolute Gasteiger partial charge is 0.233 e. The summed E-state index contributed by atoms with van der Waals surface area (Å²) in [4.78, 5) is 14.8. The molecule has 1 unspecified atom stereocenters. The Morgan fingerprint density at radius 3 is 2.74 bits per heavy atom. The fourth-order valence-corrected chi connectivity index (χ4v) is 2.58. The quantitative estimate of drug-likeness (QED) is 0.843. The highest BCUT2D eigenvalue weighted by Gasteiger charge is 2.37. The summed E-state index contributed by atoms with van der Waals surface area (Å²) >= 11 is 0. The molecule has 2 rings (SSSR count). The third kappa shape index (κ3) is 2.80. The number of nitrogens with two attached hydrogens (primary N) is 1. The number of hydrogen-bond donors (Lipinski definition) is 2. The van der Waals surface area contributed by atoms with Crippen LogP contribution in [0.25, 0.3) is 0 Å². The molecule has 1 aromatic rings. The number of carbonyl (C=O) groups is 1. The van der Waals surface area contributed by atoms with Crippen molar-refractivity contribution in [3.63, 3.8) is 0 Å². The summed E-state index contributed by atoms with van der Waals surface area (Å²) in [5.74, 6) is 0.163. The molecular weight excluding hydrogens is 238 g/mol. The van der Waals surface area contributed by atoms with Gasteiger partial charge in [0.25, 0.3) is 0 Å². The second kappa shape index (κ2) is 5.72. The Morgan fingerprint density at radius 1 is 1.42 bits per heavy atom. The molecule has 104 valence electrons. The maximum atomic E-state index is 12.8. The highest BCUT2D eigenvalue weighted by molar-refractivity contribution is 5.87. The average molecular weight is 261 g/mol. The van der Waals surface area contributed by atoms with E-state index in [1.54, 1.807) is 0 Å². The van der Waals surface area contributed by atoms with E-state index in [0.29, 0.717) is 6.54 Å². The van der Waals surface area contributed by atoms with Crippen LogP contribution in [-0.2, 0) is 10.2 Å². The van der Waals surface area contributed by atoms with Crippen LogP contribution in [0.4, 0.5) is 0 Å². The van der Waals surface area contributed by atoms with Gasteiger partial charge in [-0.25, -0.2) is 0 Å². The third-order valence-electron chi connectivity index (χ3n) is 3.91. The van der Waals surface area contributed by atoms with E-state index in [0.717, 1.165) is 25.2 Å². The Hall–Kier alpha value is -1.39. The molecule has 1 aliphatic heterocycles. The lowest BCUT2D eigenvalue weighted by molar-refractivity contribution is -0.139. The largest absolute Gasteiger partial charge is 0.335 e. The first-order valence-corrected chi connectivity index (χ1v) is 6.84. The van der Waals surface area contributed by atoms with Crippen molar-refractivity contribution in [3.8, 4) is 0 Å². The number of piperazine rings is 1. The van der Waals surface area contributed by atoms with Crippen molar-refractivity contribution < 1.29 is 4.79 Å². The molecule has 1 saturated heterocycles. The van der Waals surface area contributed by atoms with Crippen LogP contribution in [0, 0.1) is 0 Å². The predicted octanol–water partition coefficient (Wildman–Crippen LogP) is 0.723. The molecule has 1 aromatic carbocycles. The first-order chi connectivity index (χ1) is 9.07. The second-order valence-electron chi connectivity index (χ2n) is 5.58. The van der Waals surface area contributed by atoms with Crippen LogP contribution in [0.2, 0.25) is 0 Å². The van der Waals surface area contributed by atoms with E-state index in [1.807, 2.05) is 49.1 Å². The van der Waals surface area contributed by atoms with Gasteiger partial charge in [0.05, 0.1) is 11.5 Å². The molecule has 1 heterocycles. The van der Waals surface area contributed by atoms with E-state index in [4.69, 9.17) is 5.73 Å². The number of nitrogens with zero attached hydrogens (tertiary/aromatic N) is 1. The molecule has 1 fully saturated rings. The van der Waals surface area contributed by atoms with Crippen molar-refractivity contribution in [2.75, 3.05) is 26.2 Å².